The Morgan fingerprint density at radius 2 is 1.59 bits per heavy atom. The zero-order valence-corrected chi connectivity index (χ0v) is 11.4. The Labute approximate surface area is 106 Å². The normalized spacial score (nSPS) is 10.5. The third-order valence-corrected chi connectivity index (χ3v) is 3.11. The molecule has 17 heavy (non-hydrogen) atoms. The number of para-hydroxylation sites is 1. The molecule has 1 nitrogen and oxygen atoms in total. The third kappa shape index (κ3) is 5.76. The molecule has 0 aromatic heterocycles. The van der Waals surface area contributed by atoms with Crippen LogP contribution in [-0.2, 0) is 6.42 Å². The molecule has 0 aliphatic rings. The van der Waals surface area contributed by atoms with Crippen LogP contribution < -0.4 is 4.74 Å². The minimum atomic E-state index is 0.864. The molecular formula is C16H26O. The SMILES string of the molecule is CCCCCCCCOc1ccccc1CC. The topological polar surface area (TPSA) is 9.23 Å². The average molecular weight is 234 g/mol. The molecule has 1 aromatic rings. The van der Waals surface area contributed by atoms with Crippen molar-refractivity contribution in [3.8, 4) is 5.75 Å². The minimum absolute atomic E-state index is 0.864. The molecular weight excluding hydrogens is 208 g/mol. The van der Waals surface area contributed by atoms with Gasteiger partial charge in [-0.3, -0.25) is 0 Å². The van der Waals surface area contributed by atoms with Crippen LogP contribution in [0.25, 0.3) is 0 Å². The molecule has 1 aromatic carbocycles. The van der Waals surface area contributed by atoms with Gasteiger partial charge in [-0.1, -0.05) is 64.2 Å². The highest BCUT2D eigenvalue weighted by molar-refractivity contribution is 5.33. The number of unbranched alkanes of at least 4 members (excludes halogenated alkanes) is 5. The largest absolute Gasteiger partial charge is 0.493 e. The summed E-state index contributed by atoms with van der Waals surface area (Å²) in [6.45, 7) is 5.29. The summed E-state index contributed by atoms with van der Waals surface area (Å²) in [5, 5.41) is 0. The average Bonchev–Trinajstić information content (AvgIpc) is 2.38. The van der Waals surface area contributed by atoms with E-state index in [9.17, 15) is 0 Å². The molecule has 0 fully saturated rings. The highest BCUT2D eigenvalue weighted by Crippen LogP contribution is 2.18. The fraction of sp³-hybridized carbons (Fsp3) is 0.625. The first-order chi connectivity index (χ1) is 8.38. The molecule has 0 N–H and O–H groups in total. The number of ether oxygens (including phenoxy) is 1. The van der Waals surface area contributed by atoms with Crippen LogP contribution in [0.2, 0.25) is 0 Å². The van der Waals surface area contributed by atoms with Gasteiger partial charge in [-0.2, -0.15) is 0 Å². The Balaban J connectivity index is 2.13. The van der Waals surface area contributed by atoms with Crippen molar-refractivity contribution in [1.29, 1.82) is 0 Å². The molecule has 0 saturated carbocycles. The van der Waals surface area contributed by atoms with Gasteiger partial charge in [-0.15, -0.1) is 0 Å². The Bertz CT molecular complexity index is 293. The summed E-state index contributed by atoms with van der Waals surface area (Å²) in [5.41, 5.74) is 1.32. The summed E-state index contributed by atoms with van der Waals surface area (Å²) in [6.07, 6.45) is 8.96. The smallest absolute Gasteiger partial charge is 0.122 e. The van der Waals surface area contributed by atoms with E-state index in [-0.39, 0.29) is 0 Å². The van der Waals surface area contributed by atoms with E-state index in [0.29, 0.717) is 0 Å². The molecule has 0 unspecified atom stereocenters. The van der Waals surface area contributed by atoms with Gasteiger partial charge in [0, 0.05) is 0 Å². The molecule has 0 bridgehead atoms. The van der Waals surface area contributed by atoms with Crippen molar-refractivity contribution >= 4 is 0 Å². The highest BCUT2D eigenvalue weighted by atomic mass is 16.5. The van der Waals surface area contributed by atoms with E-state index in [1.54, 1.807) is 0 Å². The van der Waals surface area contributed by atoms with E-state index < -0.39 is 0 Å². The lowest BCUT2D eigenvalue weighted by Crippen LogP contribution is -1.99. The third-order valence-electron chi connectivity index (χ3n) is 3.11. The van der Waals surface area contributed by atoms with Crippen molar-refractivity contribution in [3.63, 3.8) is 0 Å². The van der Waals surface area contributed by atoms with E-state index in [0.717, 1.165) is 18.8 Å². The quantitative estimate of drug-likeness (QED) is 0.547. The summed E-state index contributed by atoms with van der Waals surface area (Å²) < 4.78 is 5.83. The van der Waals surface area contributed by atoms with Gasteiger partial charge < -0.3 is 4.74 Å². The van der Waals surface area contributed by atoms with E-state index >= 15 is 0 Å². The molecule has 0 heterocycles. The van der Waals surface area contributed by atoms with Gasteiger partial charge in [-0.25, -0.2) is 0 Å². The Morgan fingerprint density at radius 1 is 0.882 bits per heavy atom. The molecule has 0 saturated heterocycles. The van der Waals surface area contributed by atoms with Crippen LogP contribution >= 0.6 is 0 Å². The second-order valence-electron chi connectivity index (χ2n) is 4.58. The van der Waals surface area contributed by atoms with Crippen molar-refractivity contribution < 1.29 is 4.74 Å². The predicted octanol–water partition coefficient (Wildman–Crippen LogP) is 4.99. The van der Waals surface area contributed by atoms with Crippen molar-refractivity contribution in [2.75, 3.05) is 6.61 Å². The molecule has 0 aliphatic heterocycles. The first-order valence-electron chi connectivity index (χ1n) is 7.09. The number of hydrogen-bond donors (Lipinski definition) is 0. The van der Waals surface area contributed by atoms with E-state index in [4.69, 9.17) is 4.74 Å². The first kappa shape index (κ1) is 14.1. The second kappa shape index (κ2) is 9.09. The molecule has 0 radical (unpaired) electrons. The van der Waals surface area contributed by atoms with Crippen molar-refractivity contribution in [2.24, 2.45) is 0 Å². The molecule has 1 rings (SSSR count). The fourth-order valence-corrected chi connectivity index (χ4v) is 2.00. The van der Waals surface area contributed by atoms with Crippen LogP contribution in [0.1, 0.15) is 57.9 Å². The Morgan fingerprint density at radius 3 is 2.35 bits per heavy atom. The van der Waals surface area contributed by atoms with Crippen LogP contribution in [0, 0.1) is 0 Å². The molecule has 0 aliphatic carbocycles. The van der Waals surface area contributed by atoms with Crippen molar-refractivity contribution in [3.05, 3.63) is 29.8 Å². The second-order valence-corrected chi connectivity index (χ2v) is 4.58. The maximum Gasteiger partial charge on any atom is 0.122 e. The van der Waals surface area contributed by atoms with Gasteiger partial charge >= 0.3 is 0 Å². The monoisotopic (exact) mass is 234 g/mol. The van der Waals surface area contributed by atoms with Gasteiger partial charge in [0.1, 0.15) is 5.75 Å². The summed E-state index contributed by atoms with van der Waals surface area (Å²) in [6, 6.07) is 8.36. The van der Waals surface area contributed by atoms with Crippen molar-refractivity contribution in [1.82, 2.24) is 0 Å². The zero-order chi connectivity index (χ0) is 12.3. The molecule has 0 atom stereocenters. The number of benzene rings is 1. The predicted molar refractivity (Wildman–Crippen MR) is 74.7 cm³/mol. The summed E-state index contributed by atoms with van der Waals surface area (Å²) in [5.74, 6) is 1.07. The number of hydrogen-bond acceptors (Lipinski definition) is 1. The van der Waals surface area contributed by atoms with Crippen LogP contribution in [0.4, 0.5) is 0 Å². The maximum atomic E-state index is 5.83. The van der Waals surface area contributed by atoms with Crippen LogP contribution in [0.5, 0.6) is 5.75 Å². The molecule has 96 valence electrons. The van der Waals surface area contributed by atoms with E-state index in [1.165, 1.54) is 44.1 Å². The fourth-order valence-electron chi connectivity index (χ4n) is 2.00. The van der Waals surface area contributed by atoms with Gasteiger partial charge in [0.05, 0.1) is 6.61 Å². The van der Waals surface area contributed by atoms with E-state index in [2.05, 4.69) is 38.1 Å². The lowest BCUT2D eigenvalue weighted by Gasteiger charge is -2.09. The number of aryl methyl sites for hydroxylation is 1. The summed E-state index contributed by atoms with van der Waals surface area (Å²) in [4.78, 5) is 0. The van der Waals surface area contributed by atoms with Gasteiger partial charge in [-0.05, 0) is 24.5 Å². The summed E-state index contributed by atoms with van der Waals surface area (Å²) >= 11 is 0. The van der Waals surface area contributed by atoms with Crippen LogP contribution in [0.3, 0.4) is 0 Å². The van der Waals surface area contributed by atoms with Crippen LogP contribution in [-0.4, -0.2) is 6.61 Å². The van der Waals surface area contributed by atoms with E-state index in [1.807, 2.05) is 0 Å². The lowest BCUT2D eigenvalue weighted by molar-refractivity contribution is 0.301. The number of rotatable bonds is 9. The van der Waals surface area contributed by atoms with Gasteiger partial charge in [0.2, 0.25) is 0 Å². The first-order valence-corrected chi connectivity index (χ1v) is 7.09. The molecule has 0 amide bonds. The molecule has 0 spiro atoms. The highest BCUT2D eigenvalue weighted by Gasteiger charge is 1.99. The van der Waals surface area contributed by atoms with Gasteiger partial charge in [0.15, 0.2) is 0 Å². The maximum absolute atomic E-state index is 5.83. The lowest BCUT2D eigenvalue weighted by atomic mass is 10.1. The Hall–Kier alpha value is -0.980. The standard InChI is InChI=1S/C16H26O/c1-3-5-6-7-8-11-14-17-16-13-10-9-12-15(16)4-2/h9-10,12-13H,3-8,11,14H2,1-2H3. The Kier molecular flexibility index (Phi) is 7.53. The minimum Gasteiger partial charge on any atom is -0.493 e. The van der Waals surface area contributed by atoms with Gasteiger partial charge in [0.25, 0.3) is 0 Å². The van der Waals surface area contributed by atoms with Crippen molar-refractivity contribution in [2.45, 2.75) is 58.8 Å². The van der Waals surface area contributed by atoms with Crippen LogP contribution in [0.15, 0.2) is 24.3 Å². The summed E-state index contributed by atoms with van der Waals surface area (Å²) in [7, 11) is 0. The molecule has 1 heteroatoms. The zero-order valence-electron chi connectivity index (χ0n) is 11.4.